The molecule has 1 atom stereocenters. The minimum Gasteiger partial charge on any atom is -0.382 e. The van der Waals surface area contributed by atoms with Gasteiger partial charge in [0, 0.05) is 5.75 Å². The summed E-state index contributed by atoms with van der Waals surface area (Å²) in [5.74, 6) is 0.0883. The van der Waals surface area contributed by atoms with E-state index in [0.717, 1.165) is 5.56 Å². The predicted molar refractivity (Wildman–Crippen MR) is 102 cm³/mol. The second-order valence-corrected chi connectivity index (χ2v) is 8.67. The lowest BCUT2D eigenvalue weighted by molar-refractivity contribution is 0.665. The number of nitrogens with two attached hydrogens (primary N) is 1. The maximum absolute atomic E-state index is 12.5. The van der Waals surface area contributed by atoms with Crippen LogP contribution in [-0.4, -0.2) is 29.5 Å². The Balaban J connectivity index is 2.16. The molecule has 2 heterocycles. The van der Waals surface area contributed by atoms with Crippen LogP contribution in [0.25, 0.3) is 11.2 Å². The second kappa shape index (κ2) is 6.90. The maximum atomic E-state index is 12.5. The molecule has 0 radical (unpaired) electrons. The van der Waals surface area contributed by atoms with Crippen molar-refractivity contribution in [3.8, 4) is 0 Å². The topological polar surface area (TPSA) is 131 Å². The van der Waals surface area contributed by atoms with Crippen LogP contribution in [0.15, 0.2) is 28.2 Å². The number of anilines is 1. The molecule has 0 aliphatic rings. The van der Waals surface area contributed by atoms with Gasteiger partial charge in [-0.25, -0.2) is 18.8 Å². The van der Waals surface area contributed by atoms with Crippen LogP contribution in [0.2, 0.25) is 10.0 Å². The van der Waals surface area contributed by atoms with Crippen LogP contribution in [0.4, 0.5) is 5.82 Å². The van der Waals surface area contributed by atoms with Crippen LogP contribution in [0.5, 0.6) is 0 Å². The predicted octanol–water partition coefficient (Wildman–Crippen LogP) is 2.87. The summed E-state index contributed by atoms with van der Waals surface area (Å²) in [5.41, 5.74) is 6.60. The third-order valence-corrected chi connectivity index (χ3v) is 6.24. The molecule has 0 aliphatic heterocycles. The summed E-state index contributed by atoms with van der Waals surface area (Å²) in [6.07, 6.45) is 0.535. The standard InChI is InChI=1S/C15H16Cl2N6O2S/c1-2-5-26(19,25)14-21-12(18)11-13(22-14)23(15(24)20-11)7-8-3-4-9(16)10(17)6-8/h3-4,6,19H,2,5,7H2,1H3,(H,20,24)(H2,18,21,22). The molecule has 8 nitrogen and oxygen atoms in total. The van der Waals surface area contributed by atoms with Crippen LogP contribution in [0, 0.1) is 4.78 Å². The number of hydrogen-bond acceptors (Lipinski definition) is 6. The zero-order valence-corrected chi connectivity index (χ0v) is 16.1. The van der Waals surface area contributed by atoms with Crippen LogP contribution < -0.4 is 11.4 Å². The van der Waals surface area contributed by atoms with Gasteiger partial charge in [0.15, 0.2) is 11.5 Å². The largest absolute Gasteiger partial charge is 0.382 e. The number of benzene rings is 1. The van der Waals surface area contributed by atoms with Gasteiger partial charge in [-0.05, 0) is 24.1 Å². The van der Waals surface area contributed by atoms with Crippen LogP contribution >= 0.6 is 23.2 Å². The monoisotopic (exact) mass is 414 g/mol. The number of imidazole rings is 1. The smallest absolute Gasteiger partial charge is 0.328 e. The Morgan fingerprint density at radius 2 is 2.04 bits per heavy atom. The molecular formula is C15H16Cl2N6O2S. The first-order chi connectivity index (χ1) is 12.2. The lowest BCUT2D eigenvalue weighted by atomic mass is 10.2. The summed E-state index contributed by atoms with van der Waals surface area (Å²) in [5, 5.41) is 0.597. The third kappa shape index (κ3) is 3.42. The molecule has 1 unspecified atom stereocenters. The van der Waals surface area contributed by atoms with E-state index in [-0.39, 0.29) is 34.4 Å². The van der Waals surface area contributed by atoms with Gasteiger partial charge in [0.25, 0.3) is 0 Å². The van der Waals surface area contributed by atoms with Crippen molar-refractivity contribution in [2.75, 3.05) is 11.5 Å². The molecule has 1 aromatic carbocycles. The summed E-state index contributed by atoms with van der Waals surface area (Å²) in [6.45, 7) is 1.96. The lowest BCUT2D eigenvalue weighted by Crippen LogP contribution is -2.18. The normalized spacial score (nSPS) is 13.8. The summed E-state index contributed by atoms with van der Waals surface area (Å²) in [7, 11) is -3.19. The number of nitrogens with one attached hydrogen (secondary N) is 2. The highest BCUT2D eigenvalue weighted by molar-refractivity contribution is 7.92. The fraction of sp³-hybridized carbons (Fsp3) is 0.267. The molecule has 2 aromatic heterocycles. The summed E-state index contributed by atoms with van der Waals surface area (Å²) in [4.78, 5) is 23.1. The summed E-state index contributed by atoms with van der Waals surface area (Å²) < 4.78 is 21.8. The number of H-pyrrole nitrogens is 1. The molecular weight excluding hydrogens is 399 g/mol. The molecule has 138 valence electrons. The van der Waals surface area contributed by atoms with E-state index in [0.29, 0.717) is 16.5 Å². The molecule has 0 saturated heterocycles. The van der Waals surface area contributed by atoms with Crippen LogP contribution in [0.3, 0.4) is 0 Å². The molecule has 3 aromatic rings. The minimum absolute atomic E-state index is 0.0222. The Hall–Kier alpha value is -2.10. The van der Waals surface area contributed by atoms with Crippen molar-refractivity contribution in [2.45, 2.75) is 25.0 Å². The second-order valence-electron chi connectivity index (χ2n) is 5.73. The van der Waals surface area contributed by atoms with Crippen molar-refractivity contribution < 1.29 is 4.21 Å². The van der Waals surface area contributed by atoms with Crippen molar-refractivity contribution in [1.82, 2.24) is 19.5 Å². The third-order valence-electron chi connectivity index (χ3n) is 3.74. The molecule has 3 rings (SSSR count). The van der Waals surface area contributed by atoms with Gasteiger partial charge < -0.3 is 10.7 Å². The molecule has 0 saturated carbocycles. The molecule has 0 fully saturated rings. The van der Waals surface area contributed by atoms with Gasteiger partial charge in [0.2, 0.25) is 5.16 Å². The highest BCUT2D eigenvalue weighted by Gasteiger charge is 2.19. The SMILES string of the molecule is CCCS(=N)(=O)c1nc(N)c2[nH]c(=O)n(Cc3ccc(Cl)c(Cl)c3)c2n1. The minimum atomic E-state index is -3.19. The molecule has 0 bridgehead atoms. The fourth-order valence-electron chi connectivity index (χ4n) is 2.52. The van der Waals surface area contributed by atoms with Gasteiger partial charge in [0.1, 0.15) is 15.2 Å². The number of aromatic nitrogens is 4. The maximum Gasteiger partial charge on any atom is 0.328 e. The Bertz CT molecular complexity index is 1150. The van der Waals surface area contributed by atoms with Gasteiger partial charge >= 0.3 is 5.69 Å². The number of hydrogen-bond donors (Lipinski definition) is 3. The molecule has 11 heteroatoms. The first-order valence-electron chi connectivity index (χ1n) is 7.69. The Kier molecular flexibility index (Phi) is 4.96. The molecule has 4 N–H and O–H groups in total. The average molecular weight is 415 g/mol. The van der Waals surface area contributed by atoms with E-state index >= 15 is 0 Å². The van der Waals surface area contributed by atoms with Crippen molar-refractivity contribution >= 4 is 49.9 Å². The van der Waals surface area contributed by atoms with E-state index in [4.69, 9.17) is 33.7 Å². The number of nitrogen functional groups attached to an aromatic ring is 1. The van der Waals surface area contributed by atoms with E-state index in [1.165, 1.54) is 4.57 Å². The fourth-order valence-corrected chi connectivity index (χ4v) is 4.08. The number of aromatic amines is 1. The van der Waals surface area contributed by atoms with Gasteiger partial charge in [-0.3, -0.25) is 4.57 Å². The van der Waals surface area contributed by atoms with Crippen LogP contribution in [0.1, 0.15) is 18.9 Å². The number of rotatable bonds is 5. The lowest BCUT2D eigenvalue weighted by Gasteiger charge is -2.08. The Labute approximate surface area is 159 Å². The van der Waals surface area contributed by atoms with Crippen molar-refractivity contribution in [2.24, 2.45) is 0 Å². The molecule has 0 spiro atoms. The van der Waals surface area contributed by atoms with Gasteiger partial charge in [-0.2, -0.15) is 4.98 Å². The van der Waals surface area contributed by atoms with Gasteiger partial charge in [0.05, 0.1) is 16.6 Å². The first kappa shape index (κ1) is 18.7. The quantitative estimate of drug-likeness (QED) is 0.552. The Morgan fingerprint density at radius 1 is 1.31 bits per heavy atom. The zero-order chi connectivity index (χ0) is 19.1. The number of halogens is 2. The highest BCUT2D eigenvalue weighted by atomic mass is 35.5. The van der Waals surface area contributed by atoms with Crippen LogP contribution in [-0.2, 0) is 16.3 Å². The van der Waals surface area contributed by atoms with Crippen molar-refractivity contribution in [1.29, 1.82) is 4.78 Å². The average Bonchev–Trinajstić information content (AvgIpc) is 2.88. The summed E-state index contributed by atoms with van der Waals surface area (Å²) in [6, 6.07) is 5.01. The first-order valence-corrected chi connectivity index (χ1v) is 10.2. The van der Waals surface area contributed by atoms with E-state index in [9.17, 15) is 9.00 Å². The van der Waals surface area contributed by atoms with E-state index in [1.54, 1.807) is 18.2 Å². The van der Waals surface area contributed by atoms with Gasteiger partial charge in [-0.1, -0.05) is 36.2 Å². The molecule has 26 heavy (non-hydrogen) atoms. The Morgan fingerprint density at radius 3 is 2.69 bits per heavy atom. The van der Waals surface area contributed by atoms with Crippen molar-refractivity contribution in [3.63, 3.8) is 0 Å². The number of fused-ring (bicyclic) bond motifs is 1. The number of nitrogens with zero attached hydrogens (tertiary/aromatic N) is 3. The summed E-state index contributed by atoms with van der Waals surface area (Å²) >= 11 is 11.9. The van der Waals surface area contributed by atoms with E-state index in [2.05, 4.69) is 15.0 Å². The van der Waals surface area contributed by atoms with Gasteiger partial charge in [-0.15, -0.1) is 0 Å². The highest BCUT2D eigenvalue weighted by Crippen LogP contribution is 2.24. The van der Waals surface area contributed by atoms with E-state index in [1.807, 2.05) is 6.92 Å². The molecule has 0 aliphatic carbocycles. The van der Waals surface area contributed by atoms with Crippen molar-refractivity contribution in [3.05, 3.63) is 44.3 Å². The van der Waals surface area contributed by atoms with E-state index < -0.39 is 15.4 Å². The zero-order valence-electron chi connectivity index (χ0n) is 13.8. The molecule has 0 amide bonds.